The number of nitrogens with one attached hydrogen (secondary N) is 1. The molecule has 20 heavy (non-hydrogen) atoms. The highest BCUT2D eigenvalue weighted by Gasteiger charge is 2.20. The van der Waals surface area contributed by atoms with Gasteiger partial charge in [-0.25, -0.2) is 18.2 Å². The van der Waals surface area contributed by atoms with Crippen molar-refractivity contribution >= 4 is 5.82 Å². The summed E-state index contributed by atoms with van der Waals surface area (Å²) in [5.41, 5.74) is 7.48. The summed E-state index contributed by atoms with van der Waals surface area (Å²) in [7, 11) is 1.62. The molecule has 0 fully saturated rings. The summed E-state index contributed by atoms with van der Waals surface area (Å²) >= 11 is 0. The number of benzene rings is 1. The maximum Gasteiger partial charge on any atom is 0.194 e. The SMILES string of the molecule is CNC(c1cc(F)c(F)c(F)c1)c1cc(C)cnc1N. The van der Waals surface area contributed by atoms with Gasteiger partial charge in [-0.15, -0.1) is 0 Å². The number of aromatic nitrogens is 1. The van der Waals surface area contributed by atoms with Gasteiger partial charge in [-0.05, 0) is 43.3 Å². The van der Waals surface area contributed by atoms with Gasteiger partial charge in [0.15, 0.2) is 17.5 Å². The molecule has 3 N–H and O–H groups in total. The summed E-state index contributed by atoms with van der Waals surface area (Å²) in [5, 5.41) is 2.90. The summed E-state index contributed by atoms with van der Waals surface area (Å²) in [6, 6.07) is 3.08. The molecule has 3 nitrogen and oxygen atoms in total. The first-order valence-corrected chi connectivity index (χ1v) is 5.97. The van der Waals surface area contributed by atoms with E-state index in [2.05, 4.69) is 10.3 Å². The van der Waals surface area contributed by atoms with E-state index in [9.17, 15) is 13.2 Å². The van der Waals surface area contributed by atoms with Crippen molar-refractivity contribution in [3.05, 3.63) is 58.5 Å². The van der Waals surface area contributed by atoms with Crippen LogP contribution in [0.1, 0.15) is 22.7 Å². The van der Waals surface area contributed by atoms with Crippen LogP contribution in [0, 0.1) is 24.4 Å². The number of anilines is 1. The molecule has 0 radical (unpaired) electrons. The van der Waals surface area contributed by atoms with Crippen molar-refractivity contribution in [2.45, 2.75) is 13.0 Å². The van der Waals surface area contributed by atoms with Crippen LogP contribution in [0.5, 0.6) is 0 Å². The molecular formula is C14H14F3N3. The molecule has 2 rings (SSSR count). The molecule has 1 aromatic heterocycles. The molecule has 1 heterocycles. The third kappa shape index (κ3) is 2.60. The van der Waals surface area contributed by atoms with Crippen molar-refractivity contribution in [1.29, 1.82) is 0 Å². The molecule has 0 spiro atoms. The molecule has 0 aliphatic heterocycles. The summed E-state index contributed by atoms with van der Waals surface area (Å²) in [6.45, 7) is 1.83. The number of nitrogens with zero attached hydrogens (tertiary/aromatic N) is 1. The van der Waals surface area contributed by atoms with Gasteiger partial charge >= 0.3 is 0 Å². The Morgan fingerprint density at radius 2 is 1.75 bits per heavy atom. The fourth-order valence-electron chi connectivity index (χ4n) is 2.08. The van der Waals surface area contributed by atoms with Crippen LogP contribution in [0.15, 0.2) is 24.4 Å². The molecule has 1 atom stereocenters. The smallest absolute Gasteiger partial charge is 0.194 e. The zero-order valence-electron chi connectivity index (χ0n) is 11.0. The van der Waals surface area contributed by atoms with E-state index in [1.807, 2.05) is 6.92 Å². The Morgan fingerprint density at radius 3 is 2.30 bits per heavy atom. The predicted molar refractivity (Wildman–Crippen MR) is 70.6 cm³/mol. The highest BCUT2D eigenvalue weighted by atomic mass is 19.2. The minimum absolute atomic E-state index is 0.239. The molecular weight excluding hydrogens is 267 g/mol. The Balaban J connectivity index is 2.55. The standard InChI is InChI=1S/C14H14F3N3/c1-7-3-9(14(18)20-6-7)13(19-2)8-4-10(15)12(17)11(16)5-8/h3-6,13,19H,1-2H3,(H2,18,20). The van der Waals surface area contributed by atoms with Gasteiger partial charge in [-0.1, -0.05) is 0 Å². The molecule has 0 aliphatic rings. The maximum absolute atomic E-state index is 13.3. The lowest BCUT2D eigenvalue weighted by atomic mass is 9.98. The number of halogens is 3. The van der Waals surface area contributed by atoms with E-state index >= 15 is 0 Å². The fraction of sp³-hybridized carbons (Fsp3) is 0.214. The van der Waals surface area contributed by atoms with Gasteiger partial charge in [0, 0.05) is 11.8 Å². The highest BCUT2D eigenvalue weighted by molar-refractivity contribution is 5.47. The zero-order chi connectivity index (χ0) is 14.9. The van der Waals surface area contributed by atoms with Gasteiger partial charge in [-0.3, -0.25) is 0 Å². The fourth-order valence-corrected chi connectivity index (χ4v) is 2.08. The first-order valence-electron chi connectivity index (χ1n) is 5.97. The topological polar surface area (TPSA) is 50.9 Å². The predicted octanol–water partition coefficient (Wildman–Crippen LogP) is 2.70. The largest absolute Gasteiger partial charge is 0.383 e. The Labute approximate surface area is 114 Å². The highest BCUT2D eigenvalue weighted by Crippen LogP contribution is 2.28. The number of hydrogen-bond acceptors (Lipinski definition) is 3. The van der Waals surface area contributed by atoms with Crippen molar-refractivity contribution < 1.29 is 13.2 Å². The van der Waals surface area contributed by atoms with E-state index in [0.29, 0.717) is 5.56 Å². The van der Waals surface area contributed by atoms with Crippen LogP contribution in [-0.2, 0) is 0 Å². The average molecular weight is 281 g/mol. The van der Waals surface area contributed by atoms with Gasteiger partial charge in [0.25, 0.3) is 0 Å². The molecule has 6 heteroatoms. The van der Waals surface area contributed by atoms with Crippen LogP contribution in [0.2, 0.25) is 0 Å². The molecule has 0 aliphatic carbocycles. The van der Waals surface area contributed by atoms with Gasteiger partial charge in [0.2, 0.25) is 0 Å². The van der Waals surface area contributed by atoms with Crippen molar-refractivity contribution in [2.75, 3.05) is 12.8 Å². The van der Waals surface area contributed by atoms with E-state index in [-0.39, 0.29) is 11.4 Å². The number of hydrogen-bond donors (Lipinski definition) is 2. The molecule has 0 amide bonds. The first kappa shape index (κ1) is 14.3. The number of nitrogens with two attached hydrogens (primary N) is 1. The summed E-state index contributed by atoms with van der Waals surface area (Å²) in [5.74, 6) is -3.71. The van der Waals surface area contributed by atoms with Gasteiger partial charge in [0.1, 0.15) is 5.82 Å². The first-order chi connectivity index (χ1) is 9.43. The molecule has 106 valence electrons. The average Bonchev–Trinajstić information content (AvgIpc) is 2.40. The number of pyridine rings is 1. The van der Waals surface area contributed by atoms with Crippen LogP contribution in [0.4, 0.5) is 19.0 Å². The van der Waals surface area contributed by atoms with Crippen LogP contribution in [0.3, 0.4) is 0 Å². The lowest BCUT2D eigenvalue weighted by molar-refractivity contribution is 0.443. The molecule has 0 saturated carbocycles. The second-order valence-corrected chi connectivity index (χ2v) is 4.51. The normalized spacial score (nSPS) is 12.4. The second-order valence-electron chi connectivity index (χ2n) is 4.51. The van der Waals surface area contributed by atoms with E-state index in [1.54, 1.807) is 19.3 Å². The number of nitrogen functional groups attached to an aromatic ring is 1. The summed E-state index contributed by atoms with van der Waals surface area (Å²) < 4.78 is 39.7. The van der Waals surface area contributed by atoms with Gasteiger partial charge < -0.3 is 11.1 Å². The molecule has 0 bridgehead atoms. The van der Waals surface area contributed by atoms with Crippen molar-refractivity contribution in [3.63, 3.8) is 0 Å². The molecule has 1 aromatic carbocycles. The van der Waals surface area contributed by atoms with Crippen LogP contribution in [0.25, 0.3) is 0 Å². The maximum atomic E-state index is 13.3. The van der Waals surface area contributed by atoms with Crippen molar-refractivity contribution in [3.8, 4) is 0 Å². The van der Waals surface area contributed by atoms with E-state index in [1.165, 1.54) is 0 Å². The van der Waals surface area contributed by atoms with Gasteiger partial charge in [0.05, 0.1) is 6.04 Å². The summed E-state index contributed by atoms with van der Waals surface area (Å²) in [4.78, 5) is 4.01. The summed E-state index contributed by atoms with van der Waals surface area (Å²) in [6.07, 6.45) is 1.59. The van der Waals surface area contributed by atoms with Gasteiger partial charge in [-0.2, -0.15) is 0 Å². The Kier molecular flexibility index (Phi) is 3.94. The van der Waals surface area contributed by atoms with Crippen LogP contribution < -0.4 is 11.1 Å². The van der Waals surface area contributed by atoms with E-state index in [4.69, 9.17) is 5.73 Å². The Bertz CT molecular complexity index is 621. The second kappa shape index (κ2) is 5.50. The Hall–Kier alpha value is -2.08. The monoisotopic (exact) mass is 281 g/mol. The minimum Gasteiger partial charge on any atom is -0.383 e. The van der Waals surface area contributed by atoms with E-state index in [0.717, 1.165) is 17.7 Å². The Morgan fingerprint density at radius 1 is 1.15 bits per heavy atom. The minimum atomic E-state index is -1.49. The van der Waals surface area contributed by atoms with Crippen molar-refractivity contribution in [2.24, 2.45) is 0 Å². The lowest BCUT2D eigenvalue weighted by Gasteiger charge is -2.19. The molecule has 2 aromatic rings. The zero-order valence-corrected chi connectivity index (χ0v) is 11.0. The van der Waals surface area contributed by atoms with Crippen molar-refractivity contribution in [1.82, 2.24) is 10.3 Å². The molecule has 0 saturated heterocycles. The number of aryl methyl sites for hydroxylation is 1. The number of rotatable bonds is 3. The lowest BCUT2D eigenvalue weighted by Crippen LogP contribution is -2.20. The third-order valence-electron chi connectivity index (χ3n) is 3.03. The van der Waals surface area contributed by atoms with Crippen LogP contribution in [-0.4, -0.2) is 12.0 Å². The quantitative estimate of drug-likeness (QED) is 0.850. The molecule has 1 unspecified atom stereocenters. The van der Waals surface area contributed by atoms with E-state index < -0.39 is 23.5 Å². The van der Waals surface area contributed by atoms with Crippen LogP contribution >= 0.6 is 0 Å². The third-order valence-corrected chi connectivity index (χ3v) is 3.03.